The lowest BCUT2D eigenvalue weighted by atomic mass is 10.0. The molecule has 0 aromatic heterocycles. The number of aliphatic carboxylic acids is 1. The lowest BCUT2D eigenvalue weighted by Crippen LogP contribution is -2.31. The van der Waals surface area contributed by atoms with Crippen molar-refractivity contribution in [2.24, 2.45) is 0 Å². The molecule has 44 heavy (non-hydrogen) atoms. The largest absolute Gasteiger partial charge is 0.481 e. The third-order valence-electron chi connectivity index (χ3n) is 7.44. The molecule has 1 aliphatic heterocycles. The number of amides is 1. The Bertz CT molecular complexity index is 1380. The Balaban J connectivity index is 1.36. The summed E-state index contributed by atoms with van der Waals surface area (Å²) >= 11 is 1.45. The van der Waals surface area contributed by atoms with Crippen LogP contribution < -0.4 is 5.32 Å². The van der Waals surface area contributed by atoms with Crippen molar-refractivity contribution in [3.63, 3.8) is 0 Å². The molecule has 4 N–H and O–H groups in total. The van der Waals surface area contributed by atoms with Crippen molar-refractivity contribution < 1.29 is 39.2 Å². The van der Waals surface area contributed by atoms with Gasteiger partial charge in [0.15, 0.2) is 6.29 Å². The van der Waals surface area contributed by atoms with E-state index in [0.29, 0.717) is 36.5 Å². The lowest BCUT2D eigenvalue weighted by Gasteiger charge is -2.36. The van der Waals surface area contributed by atoms with Gasteiger partial charge in [0.2, 0.25) is 5.91 Å². The van der Waals surface area contributed by atoms with Crippen LogP contribution in [0.4, 0.5) is 0 Å². The van der Waals surface area contributed by atoms with Gasteiger partial charge in [-0.05, 0) is 41.7 Å². The zero-order valence-corrected chi connectivity index (χ0v) is 25.3. The van der Waals surface area contributed by atoms with E-state index in [2.05, 4.69) is 5.32 Å². The molecule has 0 aliphatic carbocycles. The van der Waals surface area contributed by atoms with E-state index in [1.807, 2.05) is 54.6 Å². The summed E-state index contributed by atoms with van der Waals surface area (Å²) in [6.07, 6.45) is 3.03. The molecular weight excluding hydrogens is 582 g/mol. The number of ether oxygens (including phenoxy) is 2. The quantitative estimate of drug-likeness (QED) is 0.108. The zero-order chi connectivity index (χ0) is 31.3. The molecule has 0 spiro atoms. The normalized spacial score (nSPS) is 18.1. The predicted molar refractivity (Wildman–Crippen MR) is 166 cm³/mol. The summed E-state index contributed by atoms with van der Waals surface area (Å²) in [5.74, 6) is -1.25. The Labute approximate surface area is 261 Å². The van der Waals surface area contributed by atoms with E-state index in [1.54, 1.807) is 18.2 Å². The number of hydrogen-bond acceptors (Lipinski definition) is 7. The standard InChI is InChI=1S/C34H39NO8S/c36-21-24-13-15-25(16-14-24)29-19-27(22-44-30-8-6-5-7-28(30)33(40)41)42-34(43-29)26-17-11-23(12-18-26)20-35-31(37)9-3-1-2-4-10-32(38)39/h5-8,11-18,27,29,34,36H,1-4,9-10,19-22H2,(H,35,37)(H,38,39)(H,40,41). The van der Waals surface area contributed by atoms with E-state index in [9.17, 15) is 24.6 Å². The average molecular weight is 622 g/mol. The van der Waals surface area contributed by atoms with Gasteiger partial charge in [-0.2, -0.15) is 0 Å². The highest BCUT2D eigenvalue weighted by Gasteiger charge is 2.32. The van der Waals surface area contributed by atoms with Crippen molar-refractivity contribution in [3.05, 3.63) is 101 Å². The van der Waals surface area contributed by atoms with Gasteiger partial charge in [0.05, 0.1) is 24.4 Å². The molecule has 0 saturated carbocycles. The molecule has 1 fully saturated rings. The highest BCUT2D eigenvalue weighted by Crippen LogP contribution is 2.39. The number of thioether (sulfide) groups is 1. The second-order valence-corrected chi connectivity index (χ2v) is 11.9. The van der Waals surface area contributed by atoms with Crippen LogP contribution in [0.2, 0.25) is 0 Å². The van der Waals surface area contributed by atoms with Crippen LogP contribution in [0, 0.1) is 0 Å². The third kappa shape index (κ3) is 10.2. The van der Waals surface area contributed by atoms with Crippen molar-refractivity contribution in [3.8, 4) is 0 Å². The Morgan fingerprint density at radius 1 is 0.795 bits per heavy atom. The predicted octanol–water partition coefficient (Wildman–Crippen LogP) is 6.26. The molecule has 1 aliphatic rings. The molecule has 0 radical (unpaired) electrons. The molecule has 10 heteroatoms. The minimum absolute atomic E-state index is 0.0360. The number of aliphatic hydroxyl groups is 1. The maximum absolute atomic E-state index is 12.2. The lowest BCUT2D eigenvalue weighted by molar-refractivity contribution is -0.245. The van der Waals surface area contributed by atoms with E-state index in [1.165, 1.54) is 11.8 Å². The number of carbonyl (C=O) groups is 3. The molecule has 3 unspecified atom stereocenters. The average Bonchev–Trinajstić information content (AvgIpc) is 3.04. The zero-order valence-electron chi connectivity index (χ0n) is 24.5. The number of rotatable bonds is 16. The van der Waals surface area contributed by atoms with E-state index in [-0.39, 0.29) is 36.7 Å². The van der Waals surface area contributed by atoms with Crippen LogP contribution in [-0.2, 0) is 32.2 Å². The molecule has 1 amide bonds. The monoisotopic (exact) mass is 621 g/mol. The minimum Gasteiger partial charge on any atom is -0.481 e. The third-order valence-corrected chi connectivity index (χ3v) is 8.65. The summed E-state index contributed by atoms with van der Waals surface area (Å²) in [6.45, 7) is 0.355. The maximum atomic E-state index is 12.2. The van der Waals surface area contributed by atoms with Crippen LogP contribution in [-0.4, -0.2) is 45.0 Å². The van der Waals surface area contributed by atoms with Crippen molar-refractivity contribution in [2.75, 3.05) is 5.75 Å². The second kappa shape index (κ2) is 17.0. The van der Waals surface area contributed by atoms with Gasteiger partial charge >= 0.3 is 11.9 Å². The second-order valence-electron chi connectivity index (χ2n) is 10.8. The topological polar surface area (TPSA) is 142 Å². The number of hydrogen-bond donors (Lipinski definition) is 4. The van der Waals surface area contributed by atoms with Gasteiger partial charge in [0.1, 0.15) is 0 Å². The van der Waals surface area contributed by atoms with Crippen LogP contribution in [0.25, 0.3) is 0 Å². The molecule has 9 nitrogen and oxygen atoms in total. The fraction of sp³-hybridized carbons (Fsp3) is 0.382. The number of carbonyl (C=O) groups excluding carboxylic acids is 1. The summed E-state index contributed by atoms with van der Waals surface area (Å²) in [6, 6.07) is 22.3. The van der Waals surface area contributed by atoms with Crippen LogP contribution in [0.5, 0.6) is 0 Å². The number of unbranched alkanes of at least 4 members (excludes halogenated alkanes) is 3. The molecule has 234 valence electrons. The first kappa shape index (κ1) is 33.2. The first-order chi connectivity index (χ1) is 21.3. The number of carboxylic acid groups (broad SMARTS) is 2. The van der Waals surface area contributed by atoms with Gasteiger partial charge in [0, 0.05) is 42.0 Å². The Morgan fingerprint density at radius 2 is 1.45 bits per heavy atom. The molecule has 0 bridgehead atoms. The number of aromatic carboxylic acids is 1. The van der Waals surface area contributed by atoms with Crippen LogP contribution >= 0.6 is 11.8 Å². The van der Waals surface area contributed by atoms with E-state index in [4.69, 9.17) is 14.6 Å². The first-order valence-corrected chi connectivity index (χ1v) is 15.8. The number of carboxylic acids is 2. The van der Waals surface area contributed by atoms with E-state index in [0.717, 1.165) is 41.5 Å². The van der Waals surface area contributed by atoms with Gasteiger partial charge in [0.25, 0.3) is 0 Å². The molecule has 1 saturated heterocycles. The number of nitrogens with one attached hydrogen (secondary N) is 1. The molecule has 1 heterocycles. The Hall–Kier alpha value is -3.70. The molecule has 3 aromatic rings. The van der Waals surface area contributed by atoms with Gasteiger partial charge in [-0.25, -0.2) is 4.79 Å². The highest BCUT2D eigenvalue weighted by atomic mass is 32.2. The fourth-order valence-corrected chi connectivity index (χ4v) is 6.04. The van der Waals surface area contributed by atoms with Crippen molar-refractivity contribution in [2.45, 2.75) is 81.5 Å². The van der Waals surface area contributed by atoms with Crippen molar-refractivity contribution >= 4 is 29.6 Å². The van der Waals surface area contributed by atoms with Gasteiger partial charge in [-0.1, -0.05) is 73.5 Å². The summed E-state index contributed by atoms with van der Waals surface area (Å²) in [5, 5.41) is 30.7. The van der Waals surface area contributed by atoms with Crippen molar-refractivity contribution in [1.82, 2.24) is 5.32 Å². The number of aliphatic hydroxyl groups excluding tert-OH is 1. The maximum Gasteiger partial charge on any atom is 0.336 e. The SMILES string of the molecule is O=C(O)CCCCCCC(=O)NCc1ccc(C2OC(CSc3ccccc3C(=O)O)CC(c3ccc(CO)cc3)O2)cc1. The minimum atomic E-state index is -0.968. The van der Waals surface area contributed by atoms with Crippen LogP contribution in [0.15, 0.2) is 77.7 Å². The van der Waals surface area contributed by atoms with Crippen LogP contribution in [0.3, 0.4) is 0 Å². The number of benzene rings is 3. The fourth-order valence-electron chi connectivity index (χ4n) is 4.97. The smallest absolute Gasteiger partial charge is 0.336 e. The molecule has 3 aromatic carbocycles. The molecule has 3 atom stereocenters. The Kier molecular flexibility index (Phi) is 12.8. The first-order valence-electron chi connectivity index (χ1n) is 14.9. The Morgan fingerprint density at radius 3 is 2.14 bits per heavy atom. The van der Waals surface area contributed by atoms with Crippen LogP contribution in [0.1, 0.15) is 90.0 Å². The van der Waals surface area contributed by atoms with Gasteiger partial charge in [-0.15, -0.1) is 11.8 Å². The summed E-state index contributed by atoms with van der Waals surface area (Å²) in [5.41, 5.74) is 3.81. The molecule has 4 rings (SSSR count). The summed E-state index contributed by atoms with van der Waals surface area (Å²) < 4.78 is 12.8. The summed E-state index contributed by atoms with van der Waals surface area (Å²) in [7, 11) is 0. The molecular formula is C34H39NO8S. The van der Waals surface area contributed by atoms with E-state index < -0.39 is 18.2 Å². The van der Waals surface area contributed by atoms with E-state index >= 15 is 0 Å². The van der Waals surface area contributed by atoms with Crippen molar-refractivity contribution in [1.29, 1.82) is 0 Å². The van der Waals surface area contributed by atoms with Gasteiger partial charge in [-0.3, -0.25) is 9.59 Å². The summed E-state index contributed by atoms with van der Waals surface area (Å²) in [4.78, 5) is 35.2. The van der Waals surface area contributed by atoms with Gasteiger partial charge < -0.3 is 30.1 Å². The highest BCUT2D eigenvalue weighted by molar-refractivity contribution is 7.99.